The summed E-state index contributed by atoms with van der Waals surface area (Å²) in [6.45, 7) is 3.61. The molecule has 0 aromatic carbocycles. The van der Waals surface area contributed by atoms with Crippen molar-refractivity contribution in [2.75, 3.05) is 6.54 Å². The lowest BCUT2D eigenvalue weighted by Gasteiger charge is -2.30. The molecule has 2 fully saturated rings. The standard InChI is InChI=1S/C14H21N5OS/c1-10-7-11(18-13(21)17-10)12(20)15-8-14(3-4-14)9-19-6-2-5-16-19/h2,5-6,10-11H,3-4,7-9H2,1H3,(H,15,20)(H2,17,18,21)/t10-,11+/m1/s1. The lowest BCUT2D eigenvalue weighted by molar-refractivity contribution is -0.123. The average molecular weight is 307 g/mol. The van der Waals surface area contributed by atoms with Gasteiger partial charge in [-0.15, -0.1) is 0 Å². The molecule has 2 aliphatic rings. The van der Waals surface area contributed by atoms with E-state index in [-0.39, 0.29) is 23.4 Å². The molecule has 1 aliphatic heterocycles. The summed E-state index contributed by atoms with van der Waals surface area (Å²) < 4.78 is 1.94. The predicted molar refractivity (Wildman–Crippen MR) is 83.6 cm³/mol. The SMILES string of the molecule is C[C@@H]1C[C@@H](C(=O)NCC2(Cn3cccn3)CC2)NC(=S)N1. The van der Waals surface area contributed by atoms with Gasteiger partial charge in [0.15, 0.2) is 5.11 Å². The molecule has 1 aliphatic carbocycles. The Morgan fingerprint density at radius 3 is 3.00 bits per heavy atom. The van der Waals surface area contributed by atoms with E-state index in [0.717, 1.165) is 25.8 Å². The maximum Gasteiger partial charge on any atom is 0.242 e. The van der Waals surface area contributed by atoms with Crippen molar-refractivity contribution in [1.82, 2.24) is 25.7 Å². The first-order valence-corrected chi connectivity index (χ1v) is 7.79. The molecule has 6 nitrogen and oxygen atoms in total. The van der Waals surface area contributed by atoms with Crippen LogP contribution in [-0.2, 0) is 11.3 Å². The molecule has 3 rings (SSSR count). The van der Waals surface area contributed by atoms with Crippen LogP contribution in [-0.4, -0.2) is 39.4 Å². The van der Waals surface area contributed by atoms with Gasteiger partial charge in [0.2, 0.25) is 5.91 Å². The molecule has 0 bridgehead atoms. The van der Waals surface area contributed by atoms with Crippen LogP contribution in [0.1, 0.15) is 26.2 Å². The molecule has 114 valence electrons. The van der Waals surface area contributed by atoms with Gasteiger partial charge < -0.3 is 16.0 Å². The van der Waals surface area contributed by atoms with Gasteiger partial charge in [0.05, 0.1) is 0 Å². The van der Waals surface area contributed by atoms with E-state index in [4.69, 9.17) is 12.2 Å². The Morgan fingerprint density at radius 2 is 2.38 bits per heavy atom. The normalized spacial score (nSPS) is 26.6. The van der Waals surface area contributed by atoms with Gasteiger partial charge in [0.25, 0.3) is 0 Å². The first-order valence-electron chi connectivity index (χ1n) is 7.39. The molecular formula is C14H21N5OS. The molecule has 1 aromatic heterocycles. The van der Waals surface area contributed by atoms with Crippen molar-refractivity contribution in [1.29, 1.82) is 0 Å². The first-order chi connectivity index (χ1) is 10.1. The van der Waals surface area contributed by atoms with Crippen molar-refractivity contribution in [3.05, 3.63) is 18.5 Å². The third-order valence-electron chi connectivity index (χ3n) is 4.24. The summed E-state index contributed by atoms with van der Waals surface area (Å²) in [6, 6.07) is 1.93. The van der Waals surface area contributed by atoms with Crippen molar-refractivity contribution in [3.63, 3.8) is 0 Å². The molecule has 2 atom stereocenters. The summed E-state index contributed by atoms with van der Waals surface area (Å²) in [5.74, 6) is 0.0393. The monoisotopic (exact) mass is 307 g/mol. The summed E-state index contributed by atoms with van der Waals surface area (Å²) in [5.41, 5.74) is 0.181. The van der Waals surface area contributed by atoms with Gasteiger partial charge in [0, 0.05) is 36.9 Å². The lowest BCUT2D eigenvalue weighted by Crippen LogP contribution is -2.58. The van der Waals surface area contributed by atoms with Crippen molar-refractivity contribution >= 4 is 23.2 Å². The van der Waals surface area contributed by atoms with Crippen LogP contribution in [0.25, 0.3) is 0 Å². The van der Waals surface area contributed by atoms with E-state index in [9.17, 15) is 4.79 Å². The third-order valence-corrected chi connectivity index (χ3v) is 4.48. The minimum Gasteiger partial charge on any atom is -0.360 e. The van der Waals surface area contributed by atoms with Gasteiger partial charge in [0.1, 0.15) is 6.04 Å². The highest BCUT2D eigenvalue weighted by Crippen LogP contribution is 2.46. The van der Waals surface area contributed by atoms with Gasteiger partial charge in [-0.2, -0.15) is 5.10 Å². The minimum atomic E-state index is -0.228. The Labute approximate surface area is 129 Å². The van der Waals surface area contributed by atoms with Crippen LogP contribution in [0.3, 0.4) is 0 Å². The zero-order valence-corrected chi connectivity index (χ0v) is 12.9. The number of rotatable bonds is 5. The van der Waals surface area contributed by atoms with Crippen molar-refractivity contribution < 1.29 is 4.79 Å². The number of carbonyl (C=O) groups excluding carboxylic acids is 1. The summed E-state index contributed by atoms with van der Waals surface area (Å²) in [6.07, 6.45) is 6.79. The van der Waals surface area contributed by atoms with E-state index in [2.05, 4.69) is 21.0 Å². The van der Waals surface area contributed by atoms with E-state index in [1.807, 2.05) is 23.9 Å². The second-order valence-corrected chi connectivity index (χ2v) is 6.64. The van der Waals surface area contributed by atoms with Gasteiger partial charge in [-0.1, -0.05) is 0 Å². The third kappa shape index (κ3) is 3.53. The van der Waals surface area contributed by atoms with Gasteiger partial charge >= 0.3 is 0 Å². The topological polar surface area (TPSA) is 71.0 Å². The van der Waals surface area contributed by atoms with Gasteiger partial charge in [-0.25, -0.2) is 0 Å². The quantitative estimate of drug-likeness (QED) is 0.687. The van der Waals surface area contributed by atoms with E-state index < -0.39 is 0 Å². The van der Waals surface area contributed by atoms with Crippen LogP contribution >= 0.6 is 12.2 Å². The predicted octanol–water partition coefficient (Wildman–Crippen LogP) is 0.404. The van der Waals surface area contributed by atoms with Crippen molar-refractivity contribution in [2.24, 2.45) is 5.41 Å². The Hall–Kier alpha value is -1.63. The summed E-state index contributed by atoms with van der Waals surface area (Å²) in [4.78, 5) is 12.3. The minimum absolute atomic E-state index is 0.0393. The highest BCUT2D eigenvalue weighted by Gasteiger charge is 2.43. The average Bonchev–Trinajstić information content (AvgIpc) is 2.99. The molecule has 7 heteroatoms. The Balaban J connectivity index is 1.50. The molecular weight excluding hydrogens is 286 g/mol. The van der Waals surface area contributed by atoms with Crippen LogP contribution in [0.15, 0.2) is 18.5 Å². The number of nitrogens with zero attached hydrogens (tertiary/aromatic N) is 2. The fourth-order valence-corrected chi connectivity index (χ4v) is 3.11. The highest BCUT2D eigenvalue weighted by molar-refractivity contribution is 7.80. The summed E-state index contributed by atoms with van der Waals surface area (Å²) in [7, 11) is 0. The molecule has 3 N–H and O–H groups in total. The number of hydrogen-bond donors (Lipinski definition) is 3. The fraction of sp³-hybridized carbons (Fsp3) is 0.643. The van der Waals surface area contributed by atoms with E-state index in [1.54, 1.807) is 6.20 Å². The second kappa shape index (κ2) is 5.63. The van der Waals surface area contributed by atoms with E-state index in [0.29, 0.717) is 11.7 Å². The maximum absolute atomic E-state index is 12.3. The molecule has 21 heavy (non-hydrogen) atoms. The molecule has 1 saturated carbocycles. The summed E-state index contributed by atoms with van der Waals surface area (Å²) in [5, 5.41) is 14.0. The fourth-order valence-electron chi connectivity index (χ4n) is 2.77. The number of hydrogen-bond acceptors (Lipinski definition) is 3. The zero-order chi connectivity index (χ0) is 14.9. The largest absolute Gasteiger partial charge is 0.360 e. The Kier molecular flexibility index (Phi) is 3.84. The molecule has 1 amide bonds. The summed E-state index contributed by atoms with van der Waals surface area (Å²) >= 11 is 5.11. The lowest BCUT2D eigenvalue weighted by atomic mass is 10.0. The first kappa shape index (κ1) is 14.3. The second-order valence-electron chi connectivity index (χ2n) is 6.23. The molecule has 2 heterocycles. The number of nitrogens with one attached hydrogen (secondary N) is 3. The van der Waals surface area contributed by atoms with Crippen LogP contribution in [0.2, 0.25) is 0 Å². The zero-order valence-electron chi connectivity index (χ0n) is 12.1. The Bertz CT molecular complexity index is 525. The number of aromatic nitrogens is 2. The molecule has 1 saturated heterocycles. The molecule has 0 spiro atoms. The number of thiocarbonyl (C=S) groups is 1. The van der Waals surface area contributed by atoms with Crippen LogP contribution < -0.4 is 16.0 Å². The van der Waals surface area contributed by atoms with E-state index >= 15 is 0 Å². The number of amides is 1. The maximum atomic E-state index is 12.3. The number of carbonyl (C=O) groups is 1. The van der Waals surface area contributed by atoms with Crippen molar-refractivity contribution in [2.45, 2.75) is 44.8 Å². The van der Waals surface area contributed by atoms with Crippen LogP contribution in [0.4, 0.5) is 0 Å². The molecule has 0 radical (unpaired) electrons. The smallest absolute Gasteiger partial charge is 0.242 e. The van der Waals surface area contributed by atoms with Crippen molar-refractivity contribution in [3.8, 4) is 0 Å². The van der Waals surface area contributed by atoms with Crippen LogP contribution in [0.5, 0.6) is 0 Å². The highest BCUT2D eigenvalue weighted by atomic mass is 32.1. The Morgan fingerprint density at radius 1 is 1.57 bits per heavy atom. The molecule has 0 unspecified atom stereocenters. The molecule has 1 aromatic rings. The van der Waals surface area contributed by atoms with Gasteiger partial charge in [-0.3, -0.25) is 9.48 Å². The van der Waals surface area contributed by atoms with Crippen LogP contribution in [0, 0.1) is 5.41 Å². The van der Waals surface area contributed by atoms with Gasteiger partial charge in [-0.05, 0) is 44.5 Å². The van der Waals surface area contributed by atoms with E-state index in [1.165, 1.54) is 0 Å².